The molecule has 0 aliphatic rings. The molecule has 3 rings (SSSR count). The lowest BCUT2D eigenvalue weighted by Crippen LogP contribution is -2.36. The van der Waals surface area contributed by atoms with E-state index >= 15 is 0 Å². The van der Waals surface area contributed by atoms with Crippen LogP contribution in [-0.4, -0.2) is 38.2 Å². The minimum atomic E-state index is -4.83. The van der Waals surface area contributed by atoms with Gasteiger partial charge in [0.1, 0.15) is 5.69 Å². The Morgan fingerprint density at radius 1 is 1.17 bits per heavy atom. The number of anilines is 1. The van der Waals surface area contributed by atoms with Crippen LogP contribution in [0.3, 0.4) is 0 Å². The van der Waals surface area contributed by atoms with Gasteiger partial charge in [0.05, 0.1) is 16.3 Å². The Morgan fingerprint density at radius 2 is 1.89 bits per heavy atom. The normalized spacial score (nSPS) is 11.2. The highest BCUT2D eigenvalue weighted by atomic mass is 35.5. The Hall–Kier alpha value is -3.22. The molecule has 0 aliphatic heterocycles. The average Bonchev–Trinajstić information content (AvgIpc) is 3.22. The van der Waals surface area contributed by atoms with Crippen LogP contribution in [-0.2, 0) is 6.18 Å². The first-order valence-corrected chi connectivity index (χ1v) is 11.1. The fourth-order valence-electron chi connectivity index (χ4n) is 3.03. The number of alkyl halides is 3. The smallest absolute Gasteiger partial charge is 0.352 e. The third-order valence-electron chi connectivity index (χ3n) is 4.52. The Kier molecular flexibility index (Phi) is 7.98. The number of aryl methyl sites for hydroxylation is 1. The molecule has 3 aromatic rings. The molecule has 0 radical (unpaired) electrons. The van der Waals surface area contributed by atoms with Gasteiger partial charge in [-0.2, -0.15) is 18.3 Å². The standard InChI is InChI=1S/C21H17Cl2F3N6O2S/c1-3-27-18(33)12-8-11(22)7-10(2)16(12)29-20(35)30-19(34)14-9-15(21(24,25)26)31-32(14)17-13(23)5-4-6-28-17/h4-9H,3H2,1-2H3,(H,27,33)(H2,29,30,34,35). The minimum Gasteiger partial charge on any atom is -0.352 e. The second-order valence-electron chi connectivity index (χ2n) is 7.05. The number of halogens is 5. The van der Waals surface area contributed by atoms with Crippen molar-refractivity contribution < 1.29 is 22.8 Å². The number of hydrogen-bond donors (Lipinski definition) is 3. The summed E-state index contributed by atoms with van der Waals surface area (Å²) in [7, 11) is 0. The molecule has 0 saturated carbocycles. The van der Waals surface area contributed by atoms with E-state index in [0.29, 0.717) is 27.9 Å². The van der Waals surface area contributed by atoms with Crippen LogP contribution < -0.4 is 16.0 Å². The van der Waals surface area contributed by atoms with E-state index in [9.17, 15) is 22.8 Å². The number of aromatic nitrogens is 3. The molecule has 2 amide bonds. The summed E-state index contributed by atoms with van der Waals surface area (Å²) in [5.41, 5.74) is -0.866. The number of nitrogens with zero attached hydrogens (tertiary/aromatic N) is 3. The van der Waals surface area contributed by atoms with E-state index in [1.807, 2.05) is 0 Å². The number of thiocarbonyl (C=S) groups is 1. The van der Waals surface area contributed by atoms with Crippen LogP contribution in [0.1, 0.15) is 39.0 Å². The molecule has 0 atom stereocenters. The zero-order valence-electron chi connectivity index (χ0n) is 18.1. The first-order valence-electron chi connectivity index (χ1n) is 9.91. The lowest BCUT2D eigenvalue weighted by molar-refractivity contribution is -0.141. The third-order valence-corrected chi connectivity index (χ3v) is 5.24. The summed E-state index contributed by atoms with van der Waals surface area (Å²) in [5.74, 6) is -1.63. The largest absolute Gasteiger partial charge is 0.435 e. The van der Waals surface area contributed by atoms with Crippen molar-refractivity contribution in [3.63, 3.8) is 0 Å². The molecule has 0 saturated heterocycles. The SMILES string of the molecule is CCNC(=O)c1cc(Cl)cc(C)c1NC(=S)NC(=O)c1cc(C(F)(F)F)nn1-c1ncccc1Cl. The highest BCUT2D eigenvalue weighted by Crippen LogP contribution is 2.30. The maximum atomic E-state index is 13.3. The van der Waals surface area contributed by atoms with Crippen molar-refractivity contribution in [2.75, 3.05) is 11.9 Å². The van der Waals surface area contributed by atoms with Gasteiger partial charge in [-0.05, 0) is 55.9 Å². The third kappa shape index (κ3) is 6.08. The Bertz CT molecular complexity index is 1310. The van der Waals surface area contributed by atoms with E-state index in [1.165, 1.54) is 24.4 Å². The van der Waals surface area contributed by atoms with Gasteiger partial charge in [-0.25, -0.2) is 9.67 Å². The van der Waals surface area contributed by atoms with Gasteiger partial charge >= 0.3 is 6.18 Å². The molecular weight excluding hydrogens is 528 g/mol. The first kappa shape index (κ1) is 26.4. The second kappa shape index (κ2) is 10.6. The number of pyridine rings is 1. The molecule has 14 heteroatoms. The van der Waals surface area contributed by atoms with Gasteiger partial charge in [0.15, 0.2) is 16.6 Å². The molecule has 0 spiro atoms. The van der Waals surface area contributed by atoms with Crippen molar-refractivity contribution in [3.8, 4) is 5.82 Å². The first-order chi connectivity index (χ1) is 16.4. The highest BCUT2D eigenvalue weighted by Gasteiger charge is 2.36. The lowest BCUT2D eigenvalue weighted by Gasteiger charge is -2.16. The van der Waals surface area contributed by atoms with Crippen molar-refractivity contribution in [2.45, 2.75) is 20.0 Å². The van der Waals surface area contributed by atoms with Crippen LogP contribution in [0, 0.1) is 6.92 Å². The van der Waals surface area contributed by atoms with Gasteiger partial charge in [-0.3, -0.25) is 14.9 Å². The van der Waals surface area contributed by atoms with Crippen LogP contribution in [0.15, 0.2) is 36.5 Å². The van der Waals surface area contributed by atoms with Gasteiger partial charge in [-0.15, -0.1) is 0 Å². The Morgan fingerprint density at radius 3 is 2.51 bits per heavy atom. The van der Waals surface area contributed by atoms with Crippen molar-refractivity contribution in [1.29, 1.82) is 0 Å². The fourth-order valence-corrected chi connectivity index (χ4v) is 3.70. The molecule has 0 unspecified atom stereocenters. The molecule has 8 nitrogen and oxygen atoms in total. The van der Waals surface area contributed by atoms with E-state index in [4.69, 9.17) is 35.4 Å². The van der Waals surface area contributed by atoms with Crippen LogP contribution in [0.2, 0.25) is 10.0 Å². The molecular formula is C21H17Cl2F3N6O2S. The summed E-state index contributed by atoms with van der Waals surface area (Å²) in [6.45, 7) is 3.75. The molecule has 2 heterocycles. The van der Waals surface area contributed by atoms with E-state index in [0.717, 1.165) is 0 Å². The maximum absolute atomic E-state index is 13.3. The number of carbonyl (C=O) groups excluding carboxylic acids is 2. The molecule has 0 aliphatic carbocycles. The molecule has 0 fully saturated rings. The fraction of sp³-hybridized carbons (Fsp3) is 0.190. The number of nitrogens with one attached hydrogen (secondary N) is 3. The van der Waals surface area contributed by atoms with Crippen LogP contribution in [0.4, 0.5) is 18.9 Å². The highest BCUT2D eigenvalue weighted by molar-refractivity contribution is 7.80. The molecule has 3 N–H and O–H groups in total. The zero-order valence-corrected chi connectivity index (χ0v) is 20.5. The summed E-state index contributed by atoms with van der Waals surface area (Å²) in [6, 6.07) is 6.40. The number of amides is 2. The lowest BCUT2D eigenvalue weighted by atomic mass is 10.1. The number of benzene rings is 1. The molecule has 2 aromatic heterocycles. The van der Waals surface area contributed by atoms with E-state index in [-0.39, 0.29) is 27.2 Å². The summed E-state index contributed by atoms with van der Waals surface area (Å²) >= 11 is 17.3. The summed E-state index contributed by atoms with van der Waals surface area (Å²) in [5, 5.41) is 11.1. The summed E-state index contributed by atoms with van der Waals surface area (Å²) in [4.78, 5) is 29.3. The summed E-state index contributed by atoms with van der Waals surface area (Å²) < 4.78 is 40.6. The van der Waals surface area contributed by atoms with Crippen molar-refractivity contribution in [3.05, 3.63) is 69.1 Å². The maximum Gasteiger partial charge on any atom is 0.435 e. The Balaban J connectivity index is 1.93. The monoisotopic (exact) mass is 544 g/mol. The number of hydrogen-bond acceptors (Lipinski definition) is 5. The molecule has 35 heavy (non-hydrogen) atoms. The van der Waals surface area contributed by atoms with Crippen LogP contribution in [0.25, 0.3) is 5.82 Å². The van der Waals surface area contributed by atoms with Crippen molar-refractivity contribution in [1.82, 2.24) is 25.4 Å². The zero-order chi connectivity index (χ0) is 25.9. The molecule has 1 aromatic carbocycles. The van der Waals surface area contributed by atoms with Crippen molar-refractivity contribution >= 4 is 58.0 Å². The van der Waals surface area contributed by atoms with E-state index in [1.54, 1.807) is 19.9 Å². The van der Waals surface area contributed by atoms with Crippen LogP contribution >= 0.6 is 35.4 Å². The predicted molar refractivity (Wildman–Crippen MR) is 129 cm³/mol. The number of rotatable bonds is 5. The van der Waals surface area contributed by atoms with Gasteiger partial charge in [-0.1, -0.05) is 23.2 Å². The second-order valence-corrected chi connectivity index (χ2v) is 8.30. The Labute approximate surface area is 212 Å². The minimum absolute atomic E-state index is 0.0255. The van der Waals surface area contributed by atoms with Crippen LogP contribution in [0.5, 0.6) is 0 Å². The number of carbonyl (C=O) groups is 2. The summed E-state index contributed by atoms with van der Waals surface area (Å²) in [6.07, 6.45) is -3.54. The van der Waals surface area contributed by atoms with Gasteiger partial charge < -0.3 is 10.6 Å². The molecule has 0 bridgehead atoms. The van der Waals surface area contributed by atoms with E-state index in [2.05, 4.69) is 26.0 Å². The quantitative estimate of drug-likeness (QED) is 0.400. The predicted octanol–water partition coefficient (Wildman–Crippen LogP) is 4.78. The van der Waals surface area contributed by atoms with Crippen molar-refractivity contribution in [2.24, 2.45) is 0 Å². The average molecular weight is 545 g/mol. The van der Waals surface area contributed by atoms with Gasteiger partial charge in [0.2, 0.25) is 0 Å². The molecule has 184 valence electrons. The van der Waals surface area contributed by atoms with Gasteiger partial charge in [0, 0.05) is 23.8 Å². The van der Waals surface area contributed by atoms with E-state index < -0.39 is 29.4 Å². The topological polar surface area (TPSA) is 101 Å². The van der Waals surface area contributed by atoms with Gasteiger partial charge in [0.25, 0.3) is 11.8 Å².